The number of fused-ring (bicyclic) bond motifs is 2. The number of amides is 1. The maximum atomic E-state index is 12.9. The Morgan fingerprint density at radius 2 is 1.66 bits per heavy atom. The zero-order valence-corrected chi connectivity index (χ0v) is 16.7. The molecule has 2 heterocycles. The van der Waals surface area contributed by atoms with E-state index in [0.29, 0.717) is 23.9 Å². The maximum Gasteiger partial charge on any atom is 0.239 e. The topological polar surface area (TPSA) is 72.4 Å². The summed E-state index contributed by atoms with van der Waals surface area (Å²) in [5.41, 5.74) is 1.53. The molecule has 0 radical (unpaired) electrons. The Labute approximate surface area is 169 Å². The third-order valence-electron chi connectivity index (χ3n) is 5.96. The number of piperidine rings is 1. The maximum absolute atomic E-state index is 12.9. The van der Waals surface area contributed by atoms with E-state index in [4.69, 9.17) is 4.74 Å². The molecule has 0 saturated carbocycles. The summed E-state index contributed by atoms with van der Waals surface area (Å²) in [4.78, 5) is 25.7. The minimum atomic E-state index is -0.0574. The lowest BCUT2D eigenvalue weighted by Crippen LogP contribution is -2.47. The van der Waals surface area contributed by atoms with Crippen LogP contribution in [-0.4, -0.2) is 43.8 Å². The van der Waals surface area contributed by atoms with Crippen molar-refractivity contribution in [1.29, 1.82) is 0 Å². The molecule has 6 heteroatoms. The van der Waals surface area contributed by atoms with Crippen LogP contribution in [0.15, 0.2) is 53.3 Å². The zero-order valence-electron chi connectivity index (χ0n) is 16.7. The lowest BCUT2D eigenvalue weighted by atomic mass is 9.79. The van der Waals surface area contributed by atoms with Gasteiger partial charge in [0.25, 0.3) is 0 Å². The van der Waals surface area contributed by atoms with Crippen LogP contribution in [0.2, 0.25) is 0 Å². The van der Waals surface area contributed by atoms with Crippen LogP contribution in [0, 0.1) is 5.41 Å². The van der Waals surface area contributed by atoms with E-state index < -0.39 is 0 Å². The highest BCUT2D eigenvalue weighted by molar-refractivity contribution is 5.94. The van der Waals surface area contributed by atoms with Gasteiger partial charge in [-0.1, -0.05) is 24.3 Å². The molecule has 1 amide bonds. The molecular weight excluding hydrogens is 366 g/mol. The van der Waals surface area contributed by atoms with Gasteiger partial charge in [0.05, 0.1) is 17.6 Å². The Balaban J connectivity index is 1.62. The van der Waals surface area contributed by atoms with E-state index in [-0.39, 0.29) is 23.3 Å². The molecule has 1 aliphatic heterocycles. The number of methoxy groups -OCH3 is 1. The van der Waals surface area contributed by atoms with Gasteiger partial charge in [-0.15, -0.1) is 0 Å². The highest BCUT2D eigenvalue weighted by Crippen LogP contribution is 2.28. The molecule has 0 bridgehead atoms. The number of benzene rings is 2. The monoisotopic (exact) mass is 393 g/mol. The fourth-order valence-electron chi connectivity index (χ4n) is 4.37. The second kappa shape index (κ2) is 8.35. The summed E-state index contributed by atoms with van der Waals surface area (Å²) < 4.78 is 7.38. The molecule has 0 unspecified atom stereocenters. The van der Waals surface area contributed by atoms with Gasteiger partial charge < -0.3 is 19.9 Å². The van der Waals surface area contributed by atoms with E-state index >= 15 is 0 Å². The second-order valence-corrected chi connectivity index (χ2v) is 7.91. The van der Waals surface area contributed by atoms with Crippen molar-refractivity contribution in [2.24, 2.45) is 5.41 Å². The molecule has 1 aliphatic rings. The molecule has 1 saturated heterocycles. The number of carbonyl (C=O) groups is 1. The van der Waals surface area contributed by atoms with Crippen LogP contribution in [0.25, 0.3) is 21.8 Å². The molecule has 0 spiro atoms. The highest BCUT2D eigenvalue weighted by atomic mass is 16.5. The third kappa shape index (κ3) is 3.91. The zero-order chi connectivity index (χ0) is 20.3. The van der Waals surface area contributed by atoms with Crippen molar-refractivity contribution in [3.8, 4) is 0 Å². The fraction of sp³-hybridized carbons (Fsp3) is 0.391. The Hall–Kier alpha value is -2.70. The van der Waals surface area contributed by atoms with Gasteiger partial charge in [-0.2, -0.15) is 0 Å². The number of aromatic nitrogens is 1. The van der Waals surface area contributed by atoms with E-state index in [0.717, 1.165) is 37.0 Å². The molecule has 0 atom stereocenters. The third-order valence-corrected chi connectivity index (χ3v) is 5.96. The van der Waals surface area contributed by atoms with Crippen LogP contribution in [0.4, 0.5) is 0 Å². The Kier molecular flexibility index (Phi) is 5.65. The van der Waals surface area contributed by atoms with Crippen molar-refractivity contribution >= 4 is 27.7 Å². The second-order valence-electron chi connectivity index (χ2n) is 7.91. The SMILES string of the molecule is COCC1(CNC(=O)Cn2c3ccccc3c(=O)c3ccccc32)CCNCC1. The Morgan fingerprint density at radius 1 is 1.07 bits per heavy atom. The first-order chi connectivity index (χ1) is 14.1. The van der Waals surface area contributed by atoms with E-state index in [9.17, 15) is 9.59 Å². The van der Waals surface area contributed by atoms with Crippen LogP contribution in [0.5, 0.6) is 0 Å². The first kappa shape index (κ1) is 19.6. The van der Waals surface area contributed by atoms with Crippen molar-refractivity contribution in [3.05, 3.63) is 58.8 Å². The normalized spacial score (nSPS) is 16.2. The first-order valence-electron chi connectivity index (χ1n) is 10.1. The molecule has 3 aromatic rings. The molecule has 1 fully saturated rings. The van der Waals surface area contributed by atoms with Crippen molar-refractivity contribution in [2.75, 3.05) is 33.4 Å². The lowest BCUT2D eigenvalue weighted by molar-refractivity contribution is -0.122. The highest BCUT2D eigenvalue weighted by Gasteiger charge is 2.32. The smallest absolute Gasteiger partial charge is 0.239 e. The van der Waals surface area contributed by atoms with Gasteiger partial charge in [-0.05, 0) is 50.2 Å². The fourth-order valence-corrected chi connectivity index (χ4v) is 4.37. The molecule has 2 N–H and O–H groups in total. The molecule has 29 heavy (non-hydrogen) atoms. The summed E-state index contributed by atoms with van der Waals surface area (Å²) in [5.74, 6) is -0.0574. The lowest BCUT2D eigenvalue weighted by Gasteiger charge is -2.37. The summed E-state index contributed by atoms with van der Waals surface area (Å²) in [6.07, 6.45) is 1.95. The molecule has 6 nitrogen and oxygen atoms in total. The summed E-state index contributed by atoms with van der Waals surface area (Å²) in [7, 11) is 1.71. The quantitative estimate of drug-likeness (QED) is 0.631. The van der Waals surface area contributed by atoms with Crippen LogP contribution in [-0.2, 0) is 16.1 Å². The predicted molar refractivity (Wildman–Crippen MR) is 115 cm³/mol. The number of pyridine rings is 1. The summed E-state index contributed by atoms with van der Waals surface area (Å²) >= 11 is 0. The van der Waals surface area contributed by atoms with E-state index in [1.165, 1.54) is 0 Å². The van der Waals surface area contributed by atoms with Crippen LogP contribution in [0.1, 0.15) is 12.8 Å². The minimum absolute atomic E-state index is 0.00149. The molecular formula is C23H27N3O3. The number of para-hydroxylation sites is 2. The van der Waals surface area contributed by atoms with Crippen molar-refractivity contribution in [2.45, 2.75) is 19.4 Å². The van der Waals surface area contributed by atoms with E-state index in [2.05, 4.69) is 10.6 Å². The largest absolute Gasteiger partial charge is 0.384 e. The minimum Gasteiger partial charge on any atom is -0.384 e. The number of nitrogens with one attached hydrogen (secondary N) is 2. The first-order valence-corrected chi connectivity index (χ1v) is 10.1. The molecule has 0 aliphatic carbocycles. The average molecular weight is 393 g/mol. The summed E-state index contributed by atoms with van der Waals surface area (Å²) in [6, 6.07) is 14.9. The van der Waals surface area contributed by atoms with Gasteiger partial charge in [0, 0.05) is 29.8 Å². The Bertz CT molecular complexity index is 1020. The van der Waals surface area contributed by atoms with Gasteiger partial charge in [0.1, 0.15) is 6.54 Å². The predicted octanol–water partition coefficient (Wildman–Crippen LogP) is 2.29. The summed E-state index contributed by atoms with van der Waals surface area (Å²) in [6.45, 7) is 3.28. The van der Waals surface area contributed by atoms with Gasteiger partial charge in [-0.3, -0.25) is 9.59 Å². The number of ether oxygens (including phenoxy) is 1. The summed E-state index contributed by atoms with van der Waals surface area (Å²) in [5, 5.41) is 7.76. The number of nitrogens with zero attached hydrogens (tertiary/aromatic N) is 1. The van der Waals surface area contributed by atoms with Gasteiger partial charge >= 0.3 is 0 Å². The van der Waals surface area contributed by atoms with Crippen LogP contribution >= 0.6 is 0 Å². The van der Waals surface area contributed by atoms with Crippen molar-refractivity contribution in [3.63, 3.8) is 0 Å². The number of rotatable bonds is 6. The van der Waals surface area contributed by atoms with Crippen LogP contribution in [0.3, 0.4) is 0 Å². The van der Waals surface area contributed by atoms with E-state index in [1.54, 1.807) is 7.11 Å². The number of carbonyl (C=O) groups excluding carboxylic acids is 1. The van der Waals surface area contributed by atoms with Gasteiger partial charge in [0.15, 0.2) is 5.43 Å². The van der Waals surface area contributed by atoms with Crippen LogP contribution < -0.4 is 16.1 Å². The molecule has 1 aromatic heterocycles. The van der Waals surface area contributed by atoms with Gasteiger partial charge in [0.2, 0.25) is 5.91 Å². The number of hydrogen-bond acceptors (Lipinski definition) is 4. The standard InChI is InChI=1S/C23H27N3O3/c1-29-16-23(10-12-24-13-11-23)15-25-21(27)14-26-19-8-4-2-6-17(19)22(28)18-7-3-5-9-20(18)26/h2-9,24H,10-16H2,1H3,(H,25,27). The van der Waals surface area contributed by atoms with Crippen molar-refractivity contribution < 1.29 is 9.53 Å². The average Bonchev–Trinajstić information content (AvgIpc) is 2.76. The van der Waals surface area contributed by atoms with Gasteiger partial charge in [-0.25, -0.2) is 0 Å². The molecule has 4 rings (SSSR count). The molecule has 2 aromatic carbocycles. The van der Waals surface area contributed by atoms with E-state index in [1.807, 2.05) is 53.1 Å². The Morgan fingerprint density at radius 3 is 2.24 bits per heavy atom. The number of hydrogen-bond donors (Lipinski definition) is 2. The van der Waals surface area contributed by atoms with Crippen molar-refractivity contribution in [1.82, 2.24) is 15.2 Å². The molecule has 152 valence electrons.